The number of aromatic nitrogens is 4. The van der Waals surface area contributed by atoms with Crippen LogP contribution in [0.5, 0.6) is 0 Å². The summed E-state index contributed by atoms with van der Waals surface area (Å²) in [6, 6.07) is 2.81. The molecular formula is C12H11ClFN5. The first-order valence-electron chi connectivity index (χ1n) is 5.63. The van der Waals surface area contributed by atoms with Crippen molar-refractivity contribution in [3.63, 3.8) is 0 Å². The largest absolute Gasteiger partial charge is 0.369 e. The summed E-state index contributed by atoms with van der Waals surface area (Å²) in [6.07, 6.45) is 3.53. The fraction of sp³-hybridized carbons (Fsp3) is 0.167. The highest BCUT2D eigenvalue weighted by atomic mass is 35.5. The minimum Gasteiger partial charge on any atom is -0.369 e. The Labute approximate surface area is 113 Å². The van der Waals surface area contributed by atoms with Crippen LogP contribution in [-0.4, -0.2) is 19.1 Å². The second-order valence-corrected chi connectivity index (χ2v) is 4.67. The van der Waals surface area contributed by atoms with Gasteiger partial charge in [-0.05, 0) is 6.07 Å². The zero-order valence-electron chi connectivity index (χ0n) is 10.1. The Balaban J connectivity index is 2.15. The fourth-order valence-corrected chi connectivity index (χ4v) is 2.15. The molecule has 0 unspecified atom stereocenters. The van der Waals surface area contributed by atoms with Gasteiger partial charge in [-0.25, -0.2) is 14.4 Å². The lowest BCUT2D eigenvalue weighted by atomic mass is 10.3. The van der Waals surface area contributed by atoms with Gasteiger partial charge < -0.3 is 14.9 Å². The van der Waals surface area contributed by atoms with Crippen LogP contribution >= 0.6 is 11.6 Å². The molecule has 19 heavy (non-hydrogen) atoms. The molecule has 2 N–H and O–H groups in total. The minimum atomic E-state index is -0.491. The second kappa shape index (κ2) is 4.24. The van der Waals surface area contributed by atoms with E-state index in [-0.39, 0.29) is 5.02 Å². The molecule has 2 aromatic heterocycles. The van der Waals surface area contributed by atoms with Crippen LogP contribution in [0.4, 0.5) is 10.3 Å². The van der Waals surface area contributed by atoms with Crippen molar-refractivity contribution in [2.24, 2.45) is 7.05 Å². The zero-order chi connectivity index (χ0) is 13.6. The second-order valence-electron chi connectivity index (χ2n) is 4.27. The molecule has 1 aromatic carbocycles. The van der Waals surface area contributed by atoms with Crippen LogP contribution < -0.4 is 5.73 Å². The number of hydrogen-bond acceptors (Lipinski definition) is 3. The zero-order valence-corrected chi connectivity index (χ0v) is 10.9. The molecular weight excluding hydrogens is 269 g/mol. The third kappa shape index (κ3) is 1.94. The van der Waals surface area contributed by atoms with Gasteiger partial charge in [0.05, 0.1) is 22.6 Å². The van der Waals surface area contributed by atoms with E-state index in [4.69, 9.17) is 17.3 Å². The van der Waals surface area contributed by atoms with E-state index >= 15 is 0 Å². The lowest BCUT2D eigenvalue weighted by Crippen LogP contribution is -2.08. The molecule has 7 heteroatoms. The van der Waals surface area contributed by atoms with Crippen LogP contribution in [0.15, 0.2) is 24.5 Å². The van der Waals surface area contributed by atoms with Crippen LogP contribution in [0, 0.1) is 5.82 Å². The number of halogens is 2. The number of fused-ring (bicyclic) bond motifs is 1. The molecule has 2 heterocycles. The number of hydrogen-bond donors (Lipinski definition) is 1. The van der Waals surface area contributed by atoms with Gasteiger partial charge in [-0.15, -0.1) is 0 Å². The Morgan fingerprint density at radius 3 is 2.89 bits per heavy atom. The lowest BCUT2D eigenvalue weighted by molar-refractivity contribution is 0.628. The Kier molecular flexibility index (Phi) is 2.67. The standard InChI is InChI=1S/C12H11ClFN5/c1-18-3-2-16-11(18)6-19-10-5-8(14)7(13)4-9(10)17-12(19)15/h2-5H,6H2,1H3,(H2,15,17). The minimum absolute atomic E-state index is 0.0362. The van der Waals surface area contributed by atoms with Crippen LogP contribution in [0.3, 0.4) is 0 Å². The van der Waals surface area contributed by atoms with E-state index in [1.54, 1.807) is 10.8 Å². The molecule has 0 aliphatic rings. The fourth-order valence-electron chi connectivity index (χ4n) is 2.00. The quantitative estimate of drug-likeness (QED) is 0.782. The molecule has 3 aromatic rings. The molecule has 0 fully saturated rings. The summed E-state index contributed by atoms with van der Waals surface area (Å²) >= 11 is 5.74. The number of nitrogen functional groups attached to an aromatic ring is 1. The van der Waals surface area contributed by atoms with Gasteiger partial charge in [0, 0.05) is 25.5 Å². The molecule has 0 spiro atoms. The van der Waals surface area contributed by atoms with Crippen molar-refractivity contribution in [2.45, 2.75) is 6.54 Å². The number of imidazole rings is 2. The highest BCUT2D eigenvalue weighted by Crippen LogP contribution is 2.25. The molecule has 0 amide bonds. The van der Waals surface area contributed by atoms with Crippen LogP contribution in [-0.2, 0) is 13.6 Å². The lowest BCUT2D eigenvalue weighted by Gasteiger charge is -2.06. The molecule has 0 saturated carbocycles. The van der Waals surface area contributed by atoms with E-state index in [2.05, 4.69) is 9.97 Å². The molecule has 0 radical (unpaired) electrons. The van der Waals surface area contributed by atoms with Crippen molar-refractivity contribution in [3.05, 3.63) is 41.2 Å². The van der Waals surface area contributed by atoms with Crippen molar-refractivity contribution >= 4 is 28.6 Å². The van der Waals surface area contributed by atoms with Crippen molar-refractivity contribution in [1.82, 2.24) is 19.1 Å². The van der Waals surface area contributed by atoms with Gasteiger partial charge in [-0.3, -0.25) is 0 Å². The van der Waals surface area contributed by atoms with Crippen molar-refractivity contribution in [2.75, 3.05) is 5.73 Å². The van der Waals surface area contributed by atoms with Crippen molar-refractivity contribution in [3.8, 4) is 0 Å². The Bertz CT molecular complexity index is 761. The SMILES string of the molecule is Cn1ccnc1Cn1c(N)nc2cc(Cl)c(F)cc21. The first-order valence-corrected chi connectivity index (χ1v) is 6.01. The van der Waals surface area contributed by atoms with E-state index in [0.717, 1.165) is 5.82 Å². The number of aryl methyl sites for hydroxylation is 1. The number of nitrogens with zero attached hydrogens (tertiary/aromatic N) is 4. The summed E-state index contributed by atoms with van der Waals surface area (Å²) in [5.41, 5.74) is 7.04. The molecule has 0 aliphatic heterocycles. The Morgan fingerprint density at radius 2 is 2.21 bits per heavy atom. The maximum absolute atomic E-state index is 13.6. The van der Waals surface area contributed by atoms with E-state index in [9.17, 15) is 4.39 Å². The maximum Gasteiger partial charge on any atom is 0.201 e. The number of nitrogens with two attached hydrogens (primary N) is 1. The normalized spacial score (nSPS) is 11.3. The predicted molar refractivity (Wildman–Crippen MR) is 71.4 cm³/mol. The van der Waals surface area contributed by atoms with Crippen LogP contribution in [0.2, 0.25) is 5.02 Å². The molecule has 0 aliphatic carbocycles. The number of anilines is 1. The molecule has 0 saturated heterocycles. The van der Waals surface area contributed by atoms with Gasteiger partial charge in [-0.1, -0.05) is 11.6 Å². The summed E-state index contributed by atoms with van der Waals surface area (Å²) in [5.74, 6) is 0.621. The molecule has 3 rings (SSSR count). The summed E-state index contributed by atoms with van der Waals surface area (Å²) in [5, 5.41) is 0.0362. The van der Waals surface area contributed by atoms with Gasteiger partial charge in [0.25, 0.3) is 0 Å². The first kappa shape index (κ1) is 12.0. The van der Waals surface area contributed by atoms with Gasteiger partial charge in [0.1, 0.15) is 11.6 Å². The Hall–Kier alpha value is -2.08. The topological polar surface area (TPSA) is 61.7 Å². The first-order chi connectivity index (χ1) is 9.06. The van der Waals surface area contributed by atoms with Crippen LogP contribution in [0.25, 0.3) is 11.0 Å². The molecule has 5 nitrogen and oxygen atoms in total. The van der Waals surface area contributed by atoms with Gasteiger partial charge in [0.2, 0.25) is 5.95 Å². The van der Waals surface area contributed by atoms with Crippen LogP contribution in [0.1, 0.15) is 5.82 Å². The van der Waals surface area contributed by atoms with Gasteiger partial charge in [0.15, 0.2) is 0 Å². The van der Waals surface area contributed by atoms with Crippen molar-refractivity contribution < 1.29 is 4.39 Å². The highest BCUT2D eigenvalue weighted by molar-refractivity contribution is 6.31. The summed E-state index contributed by atoms with van der Waals surface area (Å²) in [7, 11) is 1.88. The van der Waals surface area contributed by atoms with E-state index in [0.29, 0.717) is 23.5 Å². The molecule has 98 valence electrons. The van der Waals surface area contributed by atoms with E-state index in [1.807, 2.05) is 17.8 Å². The molecule has 0 bridgehead atoms. The number of benzene rings is 1. The smallest absolute Gasteiger partial charge is 0.201 e. The third-order valence-corrected chi connectivity index (χ3v) is 3.33. The predicted octanol–water partition coefficient (Wildman–Crippen LogP) is 2.19. The number of rotatable bonds is 2. The van der Waals surface area contributed by atoms with Gasteiger partial charge in [-0.2, -0.15) is 0 Å². The average molecular weight is 280 g/mol. The van der Waals surface area contributed by atoms with E-state index < -0.39 is 5.82 Å². The van der Waals surface area contributed by atoms with E-state index in [1.165, 1.54) is 12.1 Å². The van der Waals surface area contributed by atoms with Gasteiger partial charge >= 0.3 is 0 Å². The summed E-state index contributed by atoms with van der Waals surface area (Å²) in [6.45, 7) is 0.424. The highest BCUT2D eigenvalue weighted by Gasteiger charge is 2.13. The average Bonchev–Trinajstić information content (AvgIpc) is 2.88. The monoisotopic (exact) mass is 279 g/mol. The third-order valence-electron chi connectivity index (χ3n) is 3.04. The maximum atomic E-state index is 13.6. The van der Waals surface area contributed by atoms with Crippen molar-refractivity contribution in [1.29, 1.82) is 0 Å². The summed E-state index contributed by atoms with van der Waals surface area (Å²) in [4.78, 5) is 8.40. The molecule has 0 atom stereocenters. The summed E-state index contributed by atoms with van der Waals surface area (Å²) < 4.78 is 17.1. The Morgan fingerprint density at radius 1 is 1.42 bits per heavy atom.